The van der Waals surface area contributed by atoms with Crippen LogP contribution in [0.4, 0.5) is 0 Å². The number of carbonyl (C=O) groups excluding carboxylic acids is 2. The third-order valence-electron chi connectivity index (χ3n) is 5.04. The van der Waals surface area contributed by atoms with Crippen molar-refractivity contribution in [3.8, 4) is 0 Å². The molecule has 0 atom stereocenters. The van der Waals surface area contributed by atoms with Crippen LogP contribution in [-0.2, 0) is 22.5 Å². The molecule has 0 aliphatic carbocycles. The van der Waals surface area contributed by atoms with E-state index in [9.17, 15) is 9.59 Å². The molecule has 3 aromatic rings. The summed E-state index contributed by atoms with van der Waals surface area (Å²) in [5.41, 5.74) is 3.94. The van der Waals surface area contributed by atoms with Gasteiger partial charge in [-0.15, -0.1) is 0 Å². The molecule has 1 amide bonds. The Hall–Kier alpha value is -3.12. The van der Waals surface area contributed by atoms with E-state index in [0.717, 1.165) is 16.9 Å². The van der Waals surface area contributed by atoms with E-state index in [0.29, 0.717) is 23.7 Å². The molecule has 5 nitrogen and oxygen atoms in total. The number of pyridine rings is 1. The Morgan fingerprint density at radius 3 is 2.60 bits per heavy atom. The zero-order valence-electron chi connectivity index (χ0n) is 16.7. The summed E-state index contributed by atoms with van der Waals surface area (Å²) in [6.45, 7) is 2.93. The number of benzene rings is 2. The number of rotatable bonds is 5. The minimum absolute atomic E-state index is 0.186. The number of amides is 1. The van der Waals surface area contributed by atoms with Gasteiger partial charge in [-0.3, -0.25) is 4.79 Å². The van der Waals surface area contributed by atoms with E-state index in [-0.39, 0.29) is 12.5 Å². The van der Waals surface area contributed by atoms with Crippen molar-refractivity contribution in [2.45, 2.75) is 29.8 Å². The van der Waals surface area contributed by atoms with Crippen molar-refractivity contribution in [2.24, 2.45) is 0 Å². The first kappa shape index (κ1) is 20.2. The molecule has 2 aromatic carbocycles. The molecule has 30 heavy (non-hydrogen) atoms. The average Bonchev–Trinajstić information content (AvgIpc) is 2.79. The third-order valence-corrected chi connectivity index (χ3v) is 6.06. The maximum absolute atomic E-state index is 12.6. The van der Waals surface area contributed by atoms with Gasteiger partial charge in [0.05, 0.1) is 5.56 Å². The zero-order chi connectivity index (χ0) is 20.9. The third kappa shape index (κ3) is 4.71. The minimum atomic E-state index is -0.538. The van der Waals surface area contributed by atoms with Crippen molar-refractivity contribution >= 4 is 23.6 Å². The summed E-state index contributed by atoms with van der Waals surface area (Å²) in [5.74, 6) is -0.724. The van der Waals surface area contributed by atoms with Crippen LogP contribution in [0.3, 0.4) is 0 Å². The van der Waals surface area contributed by atoms with Gasteiger partial charge in [0.15, 0.2) is 6.61 Å². The topological polar surface area (TPSA) is 59.5 Å². The minimum Gasteiger partial charge on any atom is -0.452 e. The second-order valence-electron chi connectivity index (χ2n) is 7.18. The lowest BCUT2D eigenvalue weighted by Gasteiger charge is -2.28. The summed E-state index contributed by atoms with van der Waals surface area (Å²) in [7, 11) is 0. The van der Waals surface area contributed by atoms with Crippen LogP contribution in [0.1, 0.15) is 27.0 Å². The SMILES string of the molecule is Cc1ccc(Sc2ncccc2C(=O)OCC(=O)N2CCc3ccccc3C2)cc1. The van der Waals surface area contributed by atoms with Crippen molar-refractivity contribution in [1.82, 2.24) is 9.88 Å². The molecule has 0 N–H and O–H groups in total. The summed E-state index contributed by atoms with van der Waals surface area (Å²) >= 11 is 1.40. The molecular weight excluding hydrogens is 396 g/mol. The summed E-state index contributed by atoms with van der Waals surface area (Å²) in [6, 6.07) is 19.5. The largest absolute Gasteiger partial charge is 0.452 e. The van der Waals surface area contributed by atoms with Gasteiger partial charge >= 0.3 is 5.97 Å². The van der Waals surface area contributed by atoms with Crippen LogP contribution in [-0.4, -0.2) is 34.9 Å². The van der Waals surface area contributed by atoms with Gasteiger partial charge in [0.25, 0.3) is 5.91 Å². The first-order chi connectivity index (χ1) is 14.6. The number of carbonyl (C=O) groups is 2. The highest BCUT2D eigenvalue weighted by Crippen LogP contribution is 2.29. The summed E-state index contributed by atoms with van der Waals surface area (Å²) in [6.07, 6.45) is 2.46. The fourth-order valence-corrected chi connectivity index (χ4v) is 4.22. The molecule has 0 saturated heterocycles. The van der Waals surface area contributed by atoms with E-state index in [1.807, 2.05) is 49.4 Å². The second-order valence-corrected chi connectivity index (χ2v) is 8.24. The molecule has 0 saturated carbocycles. The molecule has 0 radical (unpaired) electrons. The summed E-state index contributed by atoms with van der Waals surface area (Å²) in [5, 5.41) is 0.561. The van der Waals surface area contributed by atoms with Gasteiger partial charge in [-0.05, 0) is 48.7 Å². The van der Waals surface area contributed by atoms with Crippen molar-refractivity contribution in [1.29, 1.82) is 0 Å². The molecule has 2 heterocycles. The molecule has 6 heteroatoms. The fourth-order valence-electron chi connectivity index (χ4n) is 3.35. The normalized spacial score (nSPS) is 12.9. The molecule has 1 aliphatic rings. The van der Waals surface area contributed by atoms with Crippen molar-refractivity contribution in [2.75, 3.05) is 13.2 Å². The molecule has 0 fully saturated rings. The Kier molecular flexibility index (Phi) is 6.14. The van der Waals surface area contributed by atoms with E-state index >= 15 is 0 Å². The van der Waals surface area contributed by atoms with Gasteiger partial charge in [0, 0.05) is 24.2 Å². The van der Waals surface area contributed by atoms with Crippen LogP contribution in [0.2, 0.25) is 0 Å². The standard InChI is InChI=1S/C24H22N2O3S/c1-17-8-10-20(11-9-17)30-23-21(7-4-13-25-23)24(28)29-16-22(27)26-14-12-18-5-2-3-6-19(18)15-26/h2-11,13H,12,14-16H2,1H3. The number of nitrogens with zero attached hydrogens (tertiary/aromatic N) is 2. The van der Waals surface area contributed by atoms with E-state index < -0.39 is 5.97 Å². The quantitative estimate of drug-likeness (QED) is 0.579. The lowest BCUT2D eigenvalue weighted by Crippen LogP contribution is -2.38. The number of ether oxygens (including phenoxy) is 1. The van der Waals surface area contributed by atoms with E-state index in [1.54, 1.807) is 23.2 Å². The van der Waals surface area contributed by atoms with Gasteiger partial charge in [-0.2, -0.15) is 0 Å². The number of hydrogen-bond donors (Lipinski definition) is 0. The zero-order valence-corrected chi connectivity index (χ0v) is 17.5. The predicted molar refractivity (Wildman–Crippen MR) is 115 cm³/mol. The van der Waals surface area contributed by atoms with Crippen molar-refractivity contribution in [3.05, 3.63) is 89.1 Å². The molecular formula is C24H22N2O3S. The van der Waals surface area contributed by atoms with Crippen LogP contribution in [0.25, 0.3) is 0 Å². The highest BCUT2D eigenvalue weighted by Gasteiger charge is 2.22. The van der Waals surface area contributed by atoms with E-state index in [1.165, 1.54) is 22.9 Å². The highest BCUT2D eigenvalue weighted by molar-refractivity contribution is 7.99. The molecule has 4 rings (SSSR count). The Labute approximate surface area is 180 Å². The maximum atomic E-state index is 12.6. The average molecular weight is 419 g/mol. The Morgan fingerprint density at radius 2 is 1.80 bits per heavy atom. The van der Waals surface area contributed by atoms with Crippen molar-refractivity contribution < 1.29 is 14.3 Å². The number of aryl methyl sites for hydroxylation is 1. The number of hydrogen-bond acceptors (Lipinski definition) is 5. The maximum Gasteiger partial charge on any atom is 0.341 e. The van der Waals surface area contributed by atoms with E-state index in [2.05, 4.69) is 11.1 Å². The van der Waals surface area contributed by atoms with Crippen LogP contribution in [0, 0.1) is 6.92 Å². The van der Waals surface area contributed by atoms with Crippen LogP contribution in [0.5, 0.6) is 0 Å². The van der Waals surface area contributed by atoms with Gasteiger partial charge in [0.1, 0.15) is 5.03 Å². The van der Waals surface area contributed by atoms with Crippen LogP contribution < -0.4 is 0 Å². The van der Waals surface area contributed by atoms with Gasteiger partial charge in [0.2, 0.25) is 0 Å². The Balaban J connectivity index is 1.38. The smallest absolute Gasteiger partial charge is 0.341 e. The predicted octanol–water partition coefficient (Wildman–Crippen LogP) is 4.28. The highest BCUT2D eigenvalue weighted by atomic mass is 32.2. The second kappa shape index (κ2) is 9.13. The van der Waals surface area contributed by atoms with Crippen LogP contribution >= 0.6 is 11.8 Å². The lowest BCUT2D eigenvalue weighted by atomic mass is 10.00. The first-order valence-corrected chi connectivity index (χ1v) is 10.6. The van der Waals surface area contributed by atoms with Gasteiger partial charge < -0.3 is 9.64 Å². The van der Waals surface area contributed by atoms with Gasteiger partial charge in [-0.25, -0.2) is 9.78 Å². The monoisotopic (exact) mass is 418 g/mol. The van der Waals surface area contributed by atoms with E-state index in [4.69, 9.17) is 4.74 Å². The van der Waals surface area contributed by atoms with Crippen LogP contribution in [0.15, 0.2) is 76.8 Å². The van der Waals surface area contributed by atoms with Crippen molar-refractivity contribution in [3.63, 3.8) is 0 Å². The molecule has 1 aliphatic heterocycles. The number of aromatic nitrogens is 1. The number of esters is 1. The molecule has 1 aromatic heterocycles. The number of fused-ring (bicyclic) bond motifs is 1. The Morgan fingerprint density at radius 1 is 1.03 bits per heavy atom. The molecule has 0 bridgehead atoms. The molecule has 0 spiro atoms. The summed E-state index contributed by atoms with van der Waals surface area (Å²) in [4.78, 5) is 32.3. The Bertz CT molecular complexity index is 1070. The molecule has 152 valence electrons. The fraction of sp³-hybridized carbons (Fsp3) is 0.208. The molecule has 0 unspecified atom stereocenters. The summed E-state index contributed by atoms with van der Waals surface area (Å²) < 4.78 is 5.35. The lowest BCUT2D eigenvalue weighted by molar-refractivity contribution is -0.135. The first-order valence-electron chi connectivity index (χ1n) is 9.81. The van der Waals surface area contributed by atoms with Gasteiger partial charge in [-0.1, -0.05) is 53.7 Å².